The van der Waals surface area contributed by atoms with E-state index in [4.69, 9.17) is 13.6 Å². The zero-order valence-electron chi connectivity index (χ0n) is 29.7. The van der Waals surface area contributed by atoms with E-state index < -0.39 is 22.2 Å². The van der Waals surface area contributed by atoms with Gasteiger partial charge in [0.25, 0.3) is 0 Å². The Kier molecular flexibility index (Phi) is 13.6. The number of ether oxygens (including phenoxy) is 1. The normalized spacial score (nSPS) is 14.0. The first-order valence-electron chi connectivity index (χ1n) is 16.3. The molecule has 2 rings (SSSR count). The van der Waals surface area contributed by atoms with Crippen molar-refractivity contribution in [2.24, 2.45) is 0 Å². The number of aliphatic hydroxyl groups is 1. The van der Waals surface area contributed by atoms with Gasteiger partial charge in [0.1, 0.15) is 12.4 Å². The Balaban J connectivity index is 2.19. The average molecular weight is 647 g/mol. The van der Waals surface area contributed by atoms with Gasteiger partial charge in [-0.3, -0.25) is 0 Å². The van der Waals surface area contributed by atoms with Crippen LogP contribution in [0, 0.1) is 0 Å². The summed E-state index contributed by atoms with van der Waals surface area (Å²) in [7, 11) is -3.80. The van der Waals surface area contributed by atoms with Crippen molar-refractivity contribution in [3.8, 4) is 5.75 Å². The predicted molar refractivity (Wildman–Crippen MR) is 192 cm³/mol. The first-order valence-corrected chi connectivity index (χ1v) is 23.0. The van der Waals surface area contributed by atoms with Gasteiger partial charge in [-0.05, 0) is 114 Å². The summed E-state index contributed by atoms with van der Waals surface area (Å²) < 4.78 is 19.6. The molecule has 0 aliphatic heterocycles. The summed E-state index contributed by atoms with van der Waals surface area (Å²) >= 11 is 1.75. The van der Waals surface area contributed by atoms with Gasteiger partial charge in [0.15, 0.2) is 16.6 Å². The van der Waals surface area contributed by atoms with Gasteiger partial charge >= 0.3 is 0 Å². The minimum absolute atomic E-state index is 0.148. The molecule has 0 saturated carbocycles. The van der Waals surface area contributed by atoms with E-state index in [1.165, 1.54) is 21.6 Å². The molecular formula is C36H62O4SSi2. The molecule has 1 aromatic heterocycles. The lowest BCUT2D eigenvalue weighted by Gasteiger charge is -2.37. The lowest BCUT2D eigenvalue weighted by molar-refractivity contribution is 0.0246. The molecule has 0 spiro atoms. The maximum atomic E-state index is 10.7. The van der Waals surface area contributed by atoms with Crippen molar-refractivity contribution < 1.29 is 18.7 Å². The lowest BCUT2D eigenvalue weighted by Crippen LogP contribution is -2.41. The Labute approximate surface area is 270 Å². The molecule has 4 nitrogen and oxygen atoms in total. The van der Waals surface area contributed by atoms with Crippen LogP contribution in [-0.4, -0.2) is 27.3 Å². The zero-order chi connectivity index (χ0) is 32.7. The summed E-state index contributed by atoms with van der Waals surface area (Å²) in [5.41, 5.74) is 4.40. The van der Waals surface area contributed by atoms with E-state index in [9.17, 15) is 5.11 Å². The van der Waals surface area contributed by atoms with Gasteiger partial charge in [-0.25, -0.2) is 0 Å². The second-order valence-corrected chi connectivity index (χ2v) is 25.8. The molecule has 1 N–H and O–H groups in total. The van der Waals surface area contributed by atoms with Crippen LogP contribution in [-0.2, 0) is 28.7 Å². The molecule has 0 radical (unpaired) electrons. The van der Waals surface area contributed by atoms with Crippen LogP contribution in [0.1, 0.15) is 116 Å². The predicted octanol–water partition coefficient (Wildman–Crippen LogP) is 11.5. The molecule has 0 unspecified atom stereocenters. The van der Waals surface area contributed by atoms with Gasteiger partial charge in [-0.1, -0.05) is 74.5 Å². The van der Waals surface area contributed by atoms with Crippen LogP contribution >= 0.6 is 11.3 Å². The maximum absolute atomic E-state index is 10.7. The SMILES string of the molecule is CC/C(=C/CCC(O)(CC)CC)c1csc(COc2ccc(CO[Si](C)(C)C(C)(C)C)c(CO[Si](C)(C)C(C)(C)C)c2)c1. The molecule has 0 bridgehead atoms. The van der Waals surface area contributed by atoms with Crippen molar-refractivity contribution >= 4 is 33.5 Å². The molecule has 0 amide bonds. The second-order valence-electron chi connectivity index (χ2n) is 15.2. The summed E-state index contributed by atoms with van der Waals surface area (Å²) in [6, 6.07) is 8.66. The number of rotatable bonds is 16. The van der Waals surface area contributed by atoms with E-state index in [1.54, 1.807) is 11.3 Å². The van der Waals surface area contributed by atoms with Crippen LogP contribution in [0.5, 0.6) is 5.75 Å². The molecule has 1 heterocycles. The van der Waals surface area contributed by atoms with Crippen molar-refractivity contribution in [3.05, 3.63) is 57.3 Å². The summed E-state index contributed by atoms with van der Waals surface area (Å²) in [5, 5.41) is 13.2. The standard InChI is InChI=1S/C36H62O4SSi2/c1-14-28(18-17-21-36(37,15-2)16-3)31-23-33(41-27-31)26-38-32-20-19-29(24-39-42(10,11)34(4,5)6)30(22-32)25-40-43(12,13)35(7,8)9/h18-20,22-23,27,37H,14-17,21,24-26H2,1-13H3/b28-18-. The van der Waals surface area contributed by atoms with Crippen molar-refractivity contribution in [1.29, 1.82) is 0 Å². The number of hydrogen-bond acceptors (Lipinski definition) is 5. The molecule has 0 aliphatic carbocycles. The highest BCUT2D eigenvalue weighted by atomic mass is 32.1. The average Bonchev–Trinajstić information content (AvgIpc) is 3.40. The lowest BCUT2D eigenvalue weighted by atomic mass is 9.91. The van der Waals surface area contributed by atoms with E-state index in [0.29, 0.717) is 19.8 Å². The molecular weight excluding hydrogens is 585 g/mol. The van der Waals surface area contributed by atoms with Crippen LogP contribution < -0.4 is 4.74 Å². The Morgan fingerprint density at radius 2 is 1.37 bits per heavy atom. The fraction of sp³-hybridized carbons (Fsp3) is 0.667. The van der Waals surface area contributed by atoms with Gasteiger partial charge in [-0.15, -0.1) is 11.3 Å². The van der Waals surface area contributed by atoms with Crippen LogP contribution in [0.25, 0.3) is 5.57 Å². The van der Waals surface area contributed by atoms with Gasteiger partial charge in [0, 0.05) is 4.88 Å². The highest BCUT2D eigenvalue weighted by Crippen LogP contribution is 2.39. The second kappa shape index (κ2) is 15.4. The van der Waals surface area contributed by atoms with Crippen LogP contribution in [0.3, 0.4) is 0 Å². The first-order chi connectivity index (χ1) is 19.8. The van der Waals surface area contributed by atoms with Gasteiger partial charge < -0.3 is 18.7 Å². The van der Waals surface area contributed by atoms with Crippen LogP contribution in [0.4, 0.5) is 0 Å². The van der Waals surface area contributed by atoms with Crippen molar-refractivity contribution in [2.45, 2.75) is 156 Å². The first kappa shape index (κ1) is 38.0. The van der Waals surface area contributed by atoms with Gasteiger partial charge in [0.2, 0.25) is 0 Å². The molecule has 0 aliphatic rings. The summed E-state index contributed by atoms with van der Waals surface area (Å²) in [6.07, 6.45) is 6.59. The molecule has 2 aromatic rings. The summed E-state index contributed by atoms with van der Waals surface area (Å²) in [4.78, 5) is 1.21. The fourth-order valence-electron chi connectivity index (χ4n) is 4.28. The molecule has 244 valence electrons. The van der Waals surface area contributed by atoms with E-state index in [0.717, 1.165) is 43.4 Å². The fourth-order valence-corrected chi connectivity index (χ4v) is 7.00. The number of allylic oxidation sites excluding steroid dienone is 2. The largest absolute Gasteiger partial charge is 0.488 e. The minimum Gasteiger partial charge on any atom is -0.488 e. The molecule has 1 aromatic carbocycles. The highest BCUT2D eigenvalue weighted by molar-refractivity contribution is 7.10. The van der Waals surface area contributed by atoms with Crippen molar-refractivity contribution in [3.63, 3.8) is 0 Å². The Hall–Kier alpha value is -1.23. The van der Waals surface area contributed by atoms with E-state index >= 15 is 0 Å². The summed E-state index contributed by atoms with van der Waals surface area (Å²) in [5.74, 6) is 0.865. The quantitative estimate of drug-likeness (QED) is 0.184. The third kappa shape index (κ3) is 11.0. The topological polar surface area (TPSA) is 47.9 Å². The third-order valence-corrected chi connectivity index (χ3v) is 19.9. The van der Waals surface area contributed by atoms with E-state index in [2.05, 4.69) is 124 Å². The highest BCUT2D eigenvalue weighted by Gasteiger charge is 2.38. The smallest absolute Gasteiger partial charge is 0.192 e. The molecule has 7 heteroatoms. The van der Waals surface area contributed by atoms with E-state index in [1.807, 2.05) is 0 Å². The van der Waals surface area contributed by atoms with Gasteiger partial charge in [0.05, 0.1) is 18.8 Å². The summed E-state index contributed by atoms with van der Waals surface area (Å²) in [6.45, 7) is 31.0. The van der Waals surface area contributed by atoms with Gasteiger partial charge in [-0.2, -0.15) is 0 Å². The molecule has 0 saturated heterocycles. The monoisotopic (exact) mass is 646 g/mol. The Morgan fingerprint density at radius 3 is 1.88 bits per heavy atom. The van der Waals surface area contributed by atoms with Crippen LogP contribution in [0.2, 0.25) is 36.3 Å². The molecule has 43 heavy (non-hydrogen) atoms. The van der Waals surface area contributed by atoms with Crippen molar-refractivity contribution in [2.75, 3.05) is 0 Å². The maximum Gasteiger partial charge on any atom is 0.192 e. The number of benzene rings is 1. The number of hydrogen-bond donors (Lipinski definition) is 1. The van der Waals surface area contributed by atoms with E-state index in [-0.39, 0.29) is 10.1 Å². The minimum atomic E-state index is -1.92. The Bertz CT molecular complexity index is 1180. The molecule has 0 fully saturated rings. The third-order valence-electron chi connectivity index (χ3n) is 10.1. The zero-order valence-corrected chi connectivity index (χ0v) is 32.5. The Morgan fingerprint density at radius 1 is 0.814 bits per heavy atom. The molecule has 0 atom stereocenters. The number of thiophene rings is 1. The van der Waals surface area contributed by atoms with Crippen LogP contribution in [0.15, 0.2) is 35.7 Å². The van der Waals surface area contributed by atoms with Crippen molar-refractivity contribution in [1.82, 2.24) is 0 Å².